The Kier molecular flexibility index (Phi) is 4.11. The van der Waals surface area contributed by atoms with Gasteiger partial charge in [-0.2, -0.15) is 0 Å². The lowest BCUT2D eigenvalue weighted by molar-refractivity contribution is 0.419. The minimum atomic E-state index is -3.83. The molecule has 0 atom stereocenters. The van der Waals surface area contributed by atoms with Crippen molar-refractivity contribution in [3.05, 3.63) is 36.5 Å². The summed E-state index contributed by atoms with van der Waals surface area (Å²) in [4.78, 5) is 0.0772. The minimum absolute atomic E-state index is 0.0772. The normalized spacial score (nSPS) is 11.8. The number of aryl methyl sites for hydroxylation is 1. The Morgan fingerprint density at radius 1 is 1.45 bits per heavy atom. The quantitative estimate of drug-likeness (QED) is 0.626. The van der Waals surface area contributed by atoms with Gasteiger partial charge in [0.05, 0.1) is 18.0 Å². The van der Waals surface area contributed by atoms with Crippen LogP contribution in [-0.4, -0.2) is 20.1 Å². The summed E-state index contributed by atoms with van der Waals surface area (Å²) in [6.07, 6.45) is 2.32. The lowest BCUT2D eigenvalue weighted by Gasteiger charge is -2.06. The van der Waals surface area contributed by atoms with Gasteiger partial charge in [0.15, 0.2) is 0 Å². The largest absolute Gasteiger partial charge is 0.496 e. The van der Waals surface area contributed by atoms with E-state index in [-0.39, 0.29) is 4.90 Å². The second-order valence-corrected chi connectivity index (χ2v) is 7.22. The molecule has 0 saturated carbocycles. The van der Waals surface area contributed by atoms with Crippen LogP contribution in [0.2, 0.25) is 0 Å². The molecule has 0 unspecified atom stereocenters. The summed E-state index contributed by atoms with van der Waals surface area (Å²) in [5.74, 6) is 0.496. The van der Waals surface area contributed by atoms with Gasteiger partial charge >= 0.3 is 0 Å². The smallest absolute Gasteiger partial charge is 0.263 e. The van der Waals surface area contributed by atoms with Gasteiger partial charge in [-0.15, -0.1) is 6.58 Å². The van der Waals surface area contributed by atoms with Crippen molar-refractivity contribution in [3.8, 4) is 5.75 Å². The molecule has 0 saturated heterocycles. The van der Waals surface area contributed by atoms with Crippen LogP contribution in [0.25, 0.3) is 10.9 Å². The Labute approximate surface area is 123 Å². The number of benzene rings is 1. The van der Waals surface area contributed by atoms with E-state index in [4.69, 9.17) is 15.4 Å². The van der Waals surface area contributed by atoms with Crippen molar-refractivity contribution in [2.24, 2.45) is 0 Å². The third kappa shape index (κ3) is 2.83. The predicted octanol–water partition coefficient (Wildman–Crippen LogP) is 3.54. The number of aromatic nitrogens is 1. The van der Waals surface area contributed by atoms with Crippen LogP contribution in [0, 0.1) is 0 Å². The van der Waals surface area contributed by atoms with Crippen molar-refractivity contribution in [2.45, 2.75) is 24.8 Å². The second-order valence-electron chi connectivity index (χ2n) is 4.69. The zero-order valence-corrected chi connectivity index (χ0v) is 13.0. The summed E-state index contributed by atoms with van der Waals surface area (Å²) in [6, 6.07) is 5.39. The molecule has 0 amide bonds. The highest BCUT2D eigenvalue weighted by Crippen LogP contribution is 2.35. The lowest BCUT2D eigenvalue weighted by atomic mass is 10.2. The van der Waals surface area contributed by atoms with E-state index in [1.807, 2.05) is 23.6 Å². The van der Waals surface area contributed by atoms with Crippen LogP contribution in [-0.2, 0) is 15.6 Å². The van der Waals surface area contributed by atoms with Crippen LogP contribution in [0.3, 0.4) is 0 Å². The molecule has 0 aliphatic carbocycles. The predicted molar refractivity (Wildman–Crippen MR) is 81.0 cm³/mol. The van der Waals surface area contributed by atoms with Crippen molar-refractivity contribution in [1.82, 2.24) is 4.57 Å². The molecule has 2 rings (SSSR count). The van der Waals surface area contributed by atoms with E-state index < -0.39 is 9.05 Å². The number of ether oxygens (including phenoxy) is 1. The lowest BCUT2D eigenvalue weighted by Crippen LogP contribution is -1.96. The average molecular weight is 314 g/mol. The Morgan fingerprint density at radius 2 is 2.15 bits per heavy atom. The van der Waals surface area contributed by atoms with Gasteiger partial charge in [-0.25, -0.2) is 8.42 Å². The monoisotopic (exact) mass is 313 g/mol. The molecule has 1 heterocycles. The first-order valence-electron chi connectivity index (χ1n) is 6.09. The molecule has 1 aromatic heterocycles. The number of fused-ring (bicyclic) bond motifs is 1. The first kappa shape index (κ1) is 14.9. The molecular formula is C14H16ClNO3S. The molecule has 6 heteroatoms. The van der Waals surface area contributed by atoms with E-state index in [2.05, 4.69) is 6.58 Å². The third-order valence-corrected chi connectivity index (χ3v) is 4.43. The Hall–Kier alpha value is -1.46. The van der Waals surface area contributed by atoms with Crippen LogP contribution in [0.15, 0.2) is 41.4 Å². The topological polar surface area (TPSA) is 48.3 Å². The number of nitrogens with zero attached hydrogens (tertiary/aromatic N) is 1. The number of methoxy groups -OCH3 is 1. The highest BCUT2D eigenvalue weighted by Gasteiger charge is 2.21. The Morgan fingerprint density at radius 3 is 2.70 bits per heavy atom. The van der Waals surface area contributed by atoms with E-state index in [0.717, 1.165) is 17.5 Å². The number of rotatable bonds is 5. The maximum atomic E-state index is 11.7. The first-order chi connectivity index (χ1) is 9.34. The van der Waals surface area contributed by atoms with Crippen molar-refractivity contribution in [1.29, 1.82) is 0 Å². The maximum absolute atomic E-state index is 11.7. The highest BCUT2D eigenvalue weighted by molar-refractivity contribution is 8.14. The van der Waals surface area contributed by atoms with E-state index >= 15 is 0 Å². The molecule has 1 aromatic carbocycles. The molecule has 0 aliphatic rings. The summed E-state index contributed by atoms with van der Waals surface area (Å²) in [6.45, 7) is 6.44. The molecule has 4 nitrogen and oxygen atoms in total. The molecule has 108 valence electrons. The summed E-state index contributed by atoms with van der Waals surface area (Å²) in [7, 11) is 3.20. The van der Waals surface area contributed by atoms with Gasteiger partial charge < -0.3 is 9.30 Å². The summed E-state index contributed by atoms with van der Waals surface area (Å²) in [5, 5.41) is 0.520. The molecule has 0 bridgehead atoms. The van der Waals surface area contributed by atoms with Crippen molar-refractivity contribution in [3.63, 3.8) is 0 Å². The van der Waals surface area contributed by atoms with Gasteiger partial charge in [0.2, 0.25) is 0 Å². The number of allylic oxidation sites excluding steroid dienone is 1. The second kappa shape index (κ2) is 5.50. The molecule has 0 N–H and O–H groups in total. The van der Waals surface area contributed by atoms with E-state index in [1.165, 1.54) is 7.11 Å². The van der Waals surface area contributed by atoms with Crippen LogP contribution in [0.4, 0.5) is 0 Å². The number of halogens is 1. The first-order valence-corrected chi connectivity index (χ1v) is 8.40. The van der Waals surface area contributed by atoms with Crippen LogP contribution < -0.4 is 4.74 Å². The fourth-order valence-corrected chi connectivity index (χ4v) is 3.19. The Balaban J connectivity index is 2.70. The molecule has 0 aliphatic heterocycles. The molecule has 0 fully saturated rings. The van der Waals surface area contributed by atoms with E-state index in [1.54, 1.807) is 12.3 Å². The third-order valence-electron chi connectivity index (χ3n) is 3.10. The SMILES string of the molecule is C=C(C)CCn1cc(S(=O)(=O)Cl)c2c(OC)cccc21. The van der Waals surface area contributed by atoms with Crippen LogP contribution in [0.1, 0.15) is 13.3 Å². The average Bonchev–Trinajstić information content (AvgIpc) is 2.75. The number of hydrogen-bond acceptors (Lipinski definition) is 3. The van der Waals surface area contributed by atoms with Gasteiger partial charge in [0.25, 0.3) is 9.05 Å². The highest BCUT2D eigenvalue weighted by atomic mass is 35.7. The van der Waals surface area contributed by atoms with Crippen LogP contribution in [0.5, 0.6) is 5.75 Å². The Bertz CT molecular complexity index is 762. The van der Waals surface area contributed by atoms with Gasteiger partial charge in [0.1, 0.15) is 10.6 Å². The molecule has 2 aromatic rings. The molecule has 0 spiro atoms. The van der Waals surface area contributed by atoms with Crippen molar-refractivity contribution >= 4 is 30.6 Å². The van der Waals surface area contributed by atoms with E-state index in [9.17, 15) is 8.42 Å². The molecule has 20 heavy (non-hydrogen) atoms. The van der Waals surface area contributed by atoms with E-state index in [0.29, 0.717) is 17.7 Å². The van der Waals surface area contributed by atoms with Crippen molar-refractivity contribution in [2.75, 3.05) is 7.11 Å². The van der Waals surface area contributed by atoms with Crippen LogP contribution >= 0.6 is 10.7 Å². The molecule has 0 radical (unpaired) electrons. The summed E-state index contributed by atoms with van der Waals surface area (Å²) in [5.41, 5.74) is 1.81. The fraction of sp³-hybridized carbons (Fsp3) is 0.286. The standard InChI is InChI=1S/C14H16ClNO3S/c1-10(2)7-8-16-9-13(20(15,17)18)14-11(16)5-4-6-12(14)19-3/h4-6,9H,1,7-8H2,2-3H3. The summed E-state index contributed by atoms with van der Waals surface area (Å²) < 4.78 is 30.6. The maximum Gasteiger partial charge on any atom is 0.263 e. The summed E-state index contributed by atoms with van der Waals surface area (Å²) >= 11 is 0. The minimum Gasteiger partial charge on any atom is -0.496 e. The van der Waals surface area contributed by atoms with Crippen molar-refractivity contribution < 1.29 is 13.2 Å². The zero-order valence-electron chi connectivity index (χ0n) is 11.4. The zero-order chi connectivity index (χ0) is 14.9. The van der Waals surface area contributed by atoms with Gasteiger partial charge in [-0.05, 0) is 25.5 Å². The fourth-order valence-electron chi connectivity index (χ4n) is 2.13. The number of hydrogen-bond donors (Lipinski definition) is 0. The van der Waals surface area contributed by atoms with Gasteiger partial charge in [-0.1, -0.05) is 11.6 Å². The molecular weight excluding hydrogens is 298 g/mol. The van der Waals surface area contributed by atoms with Gasteiger partial charge in [0, 0.05) is 23.4 Å². The van der Waals surface area contributed by atoms with Gasteiger partial charge in [-0.3, -0.25) is 0 Å².